The number of amides is 1. The highest BCUT2D eigenvalue weighted by Crippen LogP contribution is 2.19. The summed E-state index contributed by atoms with van der Waals surface area (Å²) in [5.41, 5.74) is 2.26. The van der Waals surface area contributed by atoms with E-state index in [0.717, 1.165) is 11.4 Å². The van der Waals surface area contributed by atoms with Gasteiger partial charge < -0.3 is 5.32 Å². The molecule has 1 amide bonds. The summed E-state index contributed by atoms with van der Waals surface area (Å²) in [6, 6.07) is 14.6. The maximum Gasteiger partial charge on any atom is 0.276 e. The molecular weight excluding hydrogens is 374 g/mol. The monoisotopic (exact) mass is 389 g/mol. The van der Waals surface area contributed by atoms with Gasteiger partial charge in [0.05, 0.1) is 10.6 Å². The van der Waals surface area contributed by atoms with Crippen molar-refractivity contribution in [1.82, 2.24) is 25.0 Å². The molecule has 0 radical (unpaired) electrons. The minimum Gasteiger partial charge on any atom is -0.321 e. The first-order valence-electron chi connectivity index (χ1n) is 8.61. The number of H-pyrrole nitrogens is 1. The fourth-order valence-corrected chi connectivity index (χ4v) is 2.69. The molecule has 2 N–H and O–H groups in total. The standard InChI is InChI=1S/C19H15N7O3/c1-12-20-18(23-22-12)13-2-4-14(5-3-13)21-19(27)17-10-11-25(24-17)15-6-8-16(9-7-15)26(28)29/h2-11H,1H3,(H,21,27)(H,20,22,23). The van der Waals surface area contributed by atoms with Crippen LogP contribution in [0.3, 0.4) is 0 Å². The number of carbonyl (C=O) groups excluding carboxylic acids is 1. The summed E-state index contributed by atoms with van der Waals surface area (Å²) < 4.78 is 1.48. The zero-order chi connectivity index (χ0) is 20.4. The van der Waals surface area contributed by atoms with Crippen LogP contribution in [0.4, 0.5) is 11.4 Å². The third kappa shape index (κ3) is 3.86. The van der Waals surface area contributed by atoms with Crippen LogP contribution >= 0.6 is 0 Å². The summed E-state index contributed by atoms with van der Waals surface area (Å²) in [5, 5.41) is 24.6. The molecule has 0 saturated carbocycles. The highest BCUT2D eigenvalue weighted by Gasteiger charge is 2.12. The van der Waals surface area contributed by atoms with Gasteiger partial charge in [0.2, 0.25) is 0 Å². The second-order valence-electron chi connectivity index (χ2n) is 6.19. The van der Waals surface area contributed by atoms with Crippen molar-refractivity contribution in [1.29, 1.82) is 0 Å². The first-order valence-corrected chi connectivity index (χ1v) is 8.61. The summed E-state index contributed by atoms with van der Waals surface area (Å²) in [6.07, 6.45) is 1.62. The molecule has 0 aliphatic rings. The van der Waals surface area contributed by atoms with Gasteiger partial charge >= 0.3 is 0 Å². The molecule has 10 heteroatoms. The van der Waals surface area contributed by atoms with Crippen LogP contribution in [0, 0.1) is 17.0 Å². The number of carbonyl (C=O) groups is 1. The summed E-state index contributed by atoms with van der Waals surface area (Å²) >= 11 is 0. The fraction of sp³-hybridized carbons (Fsp3) is 0.0526. The van der Waals surface area contributed by atoms with E-state index in [1.54, 1.807) is 36.5 Å². The van der Waals surface area contributed by atoms with Gasteiger partial charge in [-0.05, 0) is 49.4 Å². The number of aromatic nitrogens is 5. The Hall–Kier alpha value is -4.34. The van der Waals surface area contributed by atoms with Gasteiger partial charge in [0.25, 0.3) is 11.6 Å². The topological polar surface area (TPSA) is 132 Å². The van der Waals surface area contributed by atoms with E-state index in [1.165, 1.54) is 16.8 Å². The average molecular weight is 389 g/mol. The lowest BCUT2D eigenvalue weighted by Crippen LogP contribution is -2.13. The van der Waals surface area contributed by atoms with Crippen LogP contribution in [-0.4, -0.2) is 35.8 Å². The normalized spacial score (nSPS) is 10.7. The quantitative estimate of drug-likeness (QED) is 0.398. The molecule has 0 saturated heterocycles. The predicted molar refractivity (Wildman–Crippen MR) is 105 cm³/mol. The molecule has 29 heavy (non-hydrogen) atoms. The predicted octanol–water partition coefficient (Wildman–Crippen LogP) is 3.13. The molecule has 0 atom stereocenters. The number of hydrogen-bond donors (Lipinski definition) is 2. The highest BCUT2D eigenvalue weighted by atomic mass is 16.6. The zero-order valence-electron chi connectivity index (χ0n) is 15.2. The molecule has 0 aliphatic carbocycles. The van der Waals surface area contributed by atoms with Crippen LogP contribution in [0.5, 0.6) is 0 Å². The van der Waals surface area contributed by atoms with E-state index >= 15 is 0 Å². The average Bonchev–Trinajstić information content (AvgIpc) is 3.38. The van der Waals surface area contributed by atoms with E-state index in [2.05, 4.69) is 25.6 Å². The first kappa shape index (κ1) is 18.0. The Morgan fingerprint density at radius 1 is 1.10 bits per heavy atom. The zero-order valence-corrected chi connectivity index (χ0v) is 15.2. The molecule has 0 bridgehead atoms. The Morgan fingerprint density at radius 2 is 1.83 bits per heavy atom. The minimum absolute atomic E-state index is 0.0116. The molecule has 0 aliphatic heterocycles. The van der Waals surface area contributed by atoms with Gasteiger partial charge in [-0.1, -0.05) is 0 Å². The van der Waals surface area contributed by atoms with E-state index < -0.39 is 4.92 Å². The Morgan fingerprint density at radius 3 is 2.45 bits per heavy atom. The van der Waals surface area contributed by atoms with E-state index in [1.807, 2.05) is 19.1 Å². The van der Waals surface area contributed by atoms with Crippen LogP contribution in [-0.2, 0) is 0 Å². The maximum absolute atomic E-state index is 12.5. The van der Waals surface area contributed by atoms with Gasteiger partial charge in [-0.25, -0.2) is 9.67 Å². The number of nitrogens with one attached hydrogen (secondary N) is 2. The molecule has 0 spiro atoms. The van der Waals surface area contributed by atoms with Crippen LogP contribution in [0.25, 0.3) is 17.1 Å². The summed E-state index contributed by atoms with van der Waals surface area (Å²) in [5.74, 6) is 0.940. The van der Waals surface area contributed by atoms with E-state index in [-0.39, 0.29) is 17.3 Å². The Kier molecular flexibility index (Phi) is 4.57. The lowest BCUT2D eigenvalue weighted by Gasteiger charge is -2.04. The number of aromatic amines is 1. The fourth-order valence-electron chi connectivity index (χ4n) is 2.69. The molecule has 0 fully saturated rings. The molecule has 0 unspecified atom stereocenters. The number of rotatable bonds is 5. The van der Waals surface area contributed by atoms with Crippen molar-refractivity contribution >= 4 is 17.3 Å². The molecule has 10 nitrogen and oxygen atoms in total. The molecule has 2 heterocycles. The summed E-state index contributed by atoms with van der Waals surface area (Å²) in [6.45, 7) is 1.82. The Bertz CT molecular complexity index is 1180. The van der Waals surface area contributed by atoms with Crippen LogP contribution in [0.2, 0.25) is 0 Å². The number of nitro groups is 1. The van der Waals surface area contributed by atoms with Crippen molar-refractivity contribution < 1.29 is 9.72 Å². The van der Waals surface area contributed by atoms with Gasteiger partial charge in [0, 0.05) is 29.6 Å². The van der Waals surface area contributed by atoms with Crippen molar-refractivity contribution in [2.75, 3.05) is 5.32 Å². The SMILES string of the molecule is Cc1nc(-c2ccc(NC(=O)c3ccn(-c4ccc([N+](=O)[O-])cc4)n3)cc2)n[nH]1. The number of nitro benzene ring substituents is 1. The molecule has 4 aromatic rings. The molecule has 2 aromatic heterocycles. The van der Waals surface area contributed by atoms with Crippen molar-refractivity contribution in [3.8, 4) is 17.1 Å². The van der Waals surface area contributed by atoms with Gasteiger partial charge in [-0.3, -0.25) is 20.0 Å². The van der Waals surface area contributed by atoms with E-state index in [9.17, 15) is 14.9 Å². The number of hydrogen-bond acceptors (Lipinski definition) is 6. The van der Waals surface area contributed by atoms with Crippen LogP contribution in [0.15, 0.2) is 60.8 Å². The third-order valence-electron chi connectivity index (χ3n) is 4.14. The Balaban J connectivity index is 1.46. The van der Waals surface area contributed by atoms with E-state index in [4.69, 9.17) is 0 Å². The van der Waals surface area contributed by atoms with Crippen LogP contribution < -0.4 is 5.32 Å². The van der Waals surface area contributed by atoms with Crippen molar-refractivity contribution in [2.45, 2.75) is 6.92 Å². The first-order chi connectivity index (χ1) is 14.0. The highest BCUT2D eigenvalue weighted by molar-refractivity contribution is 6.02. The lowest BCUT2D eigenvalue weighted by molar-refractivity contribution is -0.384. The maximum atomic E-state index is 12.5. The minimum atomic E-state index is -0.472. The number of non-ortho nitro benzene ring substituents is 1. The third-order valence-corrected chi connectivity index (χ3v) is 4.14. The number of benzene rings is 2. The number of aryl methyl sites for hydroxylation is 1. The second-order valence-corrected chi connectivity index (χ2v) is 6.19. The summed E-state index contributed by atoms with van der Waals surface area (Å²) in [4.78, 5) is 27.0. The second kappa shape index (κ2) is 7.35. The van der Waals surface area contributed by atoms with Gasteiger partial charge in [-0.2, -0.15) is 10.2 Å². The van der Waals surface area contributed by atoms with Gasteiger partial charge in [-0.15, -0.1) is 0 Å². The van der Waals surface area contributed by atoms with Crippen LogP contribution in [0.1, 0.15) is 16.3 Å². The van der Waals surface area contributed by atoms with Crippen molar-refractivity contribution in [2.24, 2.45) is 0 Å². The van der Waals surface area contributed by atoms with Gasteiger partial charge in [0.1, 0.15) is 5.82 Å². The smallest absolute Gasteiger partial charge is 0.276 e. The van der Waals surface area contributed by atoms with Gasteiger partial charge in [0.15, 0.2) is 11.5 Å². The molecular formula is C19H15N7O3. The molecule has 2 aromatic carbocycles. The summed E-state index contributed by atoms with van der Waals surface area (Å²) in [7, 11) is 0. The van der Waals surface area contributed by atoms with Crippen molar-refractivity contribution in [3.05, 3.63) is 82.4 Å². The van der Waals surface area contributed by atoms with Crippen molar-refractivity contribution in [3.63, 3.8) is 0 Å². The largest absolute Gasteiger partial charge is 0.321 e. The van der Waals surface area contributed by atoms with E-state index in [0.29, 0.717) is 17.2 Å². The molecule has 144 valence electrons. The Labute approximate surface area is 164 Å². The number of anilines is 1. The number of nitrogens with zero attached hydrogens (tertiary/aromatic N) is 5. The molecule has 4 rings (SSSR count). The lowest BCUT2D eigenvalue weighted by atomic mass is 10.2.